The first-order valence-electron chi connectivity index (χ1n) is 9.59. The number of ether oxygens (including phenoxy) is 1. The lowest BCUT2D eigenvalue weighted by Gasteiger charge is -2.14. The standard InChI is InChI=1S/C22H26BrN3O4/c1-13(2)18-11-16(23)7-10-19(18)30-12-20(27)25-26-22(29)15-5-8-17(9-6-15)24-21(28)14(3)4/h5-11,13-14H,12H2,1-4H3,(H,24,28)(H,25,27)(H,26,29). The van der Waals surface area contributed by atoms with Crippen molar-refractivity contribution in [1.82, 2.24) is 10.9 Å². The molecule has 0 aromatic heterocycles. The molecule has 0 saturated carbocycles. The predicted octanol–water partition coefficient (Wildman–Crippen LogP) is 4.01. The van der Waals surface area contributed by atoms with Crippen molar-refractivity contribution in [1.29, 1.82) is 0 Å². The van der Waals surface area contributed by atoms with Gasteiger partial charge < -0.3 is 10.1 Å². The number of rotatable bonds is 7. The summed E-state index contributed by atoms with van der Waals surface area (Å²) in [7, 11) is 0. The molecule has 0 fully saturated rings. The van der Waals surface area contributed by atoms with Crippen LogP contribution in [0.15, 0.2) is 46.9 Å². The van der Waals surface area contributed by atoms with Crippen LogP contribution in [-0.4, -0.2) is 24.3 Å². The number of carbonyl (C=O) groups excluding carboxylic acids is 3. The number of amides is 3. The lowest BCUT2D eigenvalue weighted by Crippen LogP contribution is -2.43. The summed E-state index contributed by atoms with van der Waals surface area (Å²) < 4.78 is 6.54. The van der Waals surface area contributed by atoms with Crippen molar-refractivity contribution in [3.8, 4) is 5.75 Å². The number of hydrazine groups is 1. The minimum atomic E-state index is -0.484. The van der Waals surface area contributed by atoms with E-state index in [4.69, 9.17) is 4.74 Å². The molecular weight excluding hydrogens is 450 g/mol. The molecule has 0 atom stereocenters. The fraction of sp³-hybridized carbons (Fsp3) is 0.318. The molecule has 0 aliphatic heterocycles. The van der Waals surface area contributed by atoms with Gasteiger partial charge in [0.2, 0.25) is 5.91 Å². The van der Waals surface area contributed by atoms with Crippen LogP contribution >= 0.6 is 15.9 Å². The van der Waals surface area contributed by atoms with Gasteiger partial charge in [-0.3, -0.25) is 25.2 Å². The molecule has 2 aromatic carbocycles. The van der Waals surface area contributed by atoms with Crippen LogP contribution in [-0.2, 0) is 9.59 Å². The molecule has 2 aromatic rings. The molecule has 0 aliphatic rings. The van der Waals surface area contributed by atoms with E-state index in [-0.39, 0.29) is 24.3 Å². The Morgan fingerprint density at radius 1 is 0.967 bits per heavy atom. The Morgan fingerprint density at radius 3 is 2.23 bits per heavy atom. The summed E-state index contributed by atoms with van der Waals surface area (Å²) in [5, 5.41) is 2.75. The van der Waals surface area contributed by atoms with E-state index in [0.29, 0.717) is 17.0 Å². The van der Waals surface area contributed by atoms with E-state index < -0.39 is 11.8 Å². The average molecular weight is 476 g/mol. The van der Waals surface area contributed by atoms with Crippen molar-refractivity contribution in [2.24, 2.45) is 5.92 Å². The van der Waals surface area contributed by atoms with Crippen molar-refractivity contribution in [3.05, 3.63) is 58.1 Å². The molecule has 0 radical (unpaired) electrons. The zero-order valence-corrected chi connectivity index (χ0v) is 19.0. The van der Waals surface area contributed by atoms with Crippen LogP contribution in [0.1, 0.15) is 49.5 Å². The third kappa shape index (κ3) is 6.88. The summed E-state index contributed by atoms with van der Waals surface area (Å²) in [6.07, 6.45) is 0. The second-order valence-corrected chi connectivity index (χ2v) is 8.26. The fourth-order valence-corrected chi connectivity index (χ4v) is 2.85. The number of hydrogen-bond acceptors (Lipinski definition) is 4. The molecule has 0 aliphatic carbocycles. The van der Waals surface area contributed by atoms with E-state index in [1.807, 2.05) is 26.0 Å². The van der Waals surface area contributed by atoms with E-state index in [1.54, 1.807) is 44.2 Å². The van der Waals surface area contributed by atoms with Crippen LogP contribution in [0.3, 0.4) is 0 Å². The molecule has 7 nitrogen and oxygen atoms in total. The van der Waals surface area contributed by atoms with Gasteiger partial charge in [0.1, 0.15) is 5.75 Å². The topological polar surface area (TPSA) is 96.5 Å². The van der Waals surface area contributed by atoms with Crippen LogP contribution in [0.4, 0.5) is 5.69 Å². The highest BCUT2D eigenvalue weighted by atomic mass is 79.9. The molecule has 0 spiro atoms. The molecule has 160 valence electrons. The number of carbonyl (C=O) groups is 3. The van der Waals surface area contributed by atoms with Crippen molar-refractivity contribution in [2.75, 3.05) is 11.9 Å². The SMILES string of the molecule is CC(C)C(=O)Nc1ccc(C(=O)NNC(=O)COc2ccc(Br)cc2C(C)C)cc1. The predicted molar refractivity (Wildman–Crippen MR) is 119 cm³/mol. The van der Waals surface area contributed by atoms with E-state index in [2.05, 4.69) is 32.1 Å². The summed E-state index contributed by atoms with van der Waals surface area (Å²) >= 11 is 3.43. The molecule has 0 saturated heterocycles. The van der Waals surface area contributed by atoms with E-state index in [9.17, 15) is 14.4 Å². The number of halogens is 1. The van der Waals surface area contributed by atoms with Gasteiger partial charge in [0, 0.05) is 21.6 Å². The van der Waals surface area contributed by atoms with Gasteiger partial charge in [-0.2, -0.15) is 0 Å². The van der Waals surface area contributed by atoms with Crippen LogP contribution in [0.5, 0.6) is 5.75 Å². The number of hydrogen-bond donors (Lipinski definition) is 3. The molecular formula is C22H26BrN3O4. The molecule has 0 unspecified atom stereocenters. The summed E-state index contributed by atoms with van der Waals surface area (Å²) in [4.78, 5) is 35.9. The normalized spacial score (nSPS) is 10.6. The molecule has 30 heavy (non-hydrogen) atoms. The lowest BCUT2D eigenvalue weighted by molar-refractivity contribution is -0.124. The Labute approximate surface area is 184 Å². The smallest absolute Gasteiger partial charge is 0.276 e. The number of anilines is 1. The van der Waals surface area contributed by atoms with E-state index in [1.165, 1.54) is 0 Å². The zero-order valence-electron chi connectivity index (χ0n) is 17.4. The Morgan fingerprint density at radius 2 is 1.63 bits per heavy atom. The summed E-state index contributed by atoms with van der Waals surface area (Å²) in [6.45, 7) is 7.43. The summed E-state index contributed by atoms with van der Waals surface area (Å²) in [6, 6.07) is 12.0. The second kappa shape index (κ2) is 10.8. The van der Waals surface area contributed by atoms with Gasteiger partial charge in [-0.1, -0.05) is 43.6 Å². The van der Waals surface area contributed by atoms with Gasteiger partial charge in [0.05, 0.1) is 0 Å². The third-order valence-electron chi connectivity index (χ3n) is 4.21. The maximum absolute atomic E-state index is 12.2. The largest absolute Gasteiger partial charge is 0.483 e. The molecule has 0 heterocycles. The van der Waals surface area contributed by atoms with Crippen LogP contribution < -0.4 is 20.9 Å². The molecule has 3 amide bonds. The highest BCUT2D eigenvalue weighted by molar-refractivity contribution is 9.10. The lowest BCUT2D eigenvalue weighted by atomic mass is 10.0. The van der Waals surface area contributed by atoms with Gasteiger partial charge >= 0.3 is 0 Å². The monoisotopic (exact) mass is 475 g/mol. The van der Waals surface area contributed by atoms with E-state index >= 15 is 0 Å². The van der Waals surface area contributed by atoms with Crippen molar-refractivity contribution in [3.63, 3.8) is 0 Å². The second-order valence-electron chi connectivity index (χ2n) is 7.35. The molecule has 0 bridgehead atoms. The van der Waals surface area contributed by atoms with Crippen molar-refractivity contribution >= 4 is 39.3 Å². The first-order chi connectivity index (χ1) is 14.2. The molecule has 3 N–H and O–H groups in total. The van der Waals surface area contributed by atoms with Gasteiger partial charge in [0.15, 0.2) is 6.61 Å². The Hall–Kier alpha value is -2.87. The van der Waals surface area contributed by atoms with Crippen molar-refractivity contribution in [2.45, 2.75) is 33.6 Å². The minimum Gasteiger partial charge on any atom is -0.483 e. The zero-order chi connectivity index (χ0) is 22.3. The number of nitrogens with one attached hydrogen (secondary N) is 3. The first-order valence-corrected chi connectivity index (χ1v) is 10.4. The highest BCUT2D eigenvalue weighted by Gasteiger charge is 2.12. The molecule has 8 heteroatoms. The van der Waals surface area contributed by atoms with Crippen LogP contribution in [0.25, 0.3) is 0 Å². The number of benzene rings is 2. The van der Waals surface area contributed by atoms with Gasteiger partial charge in [-0.25, -0.2) is 0 Å². The minimum absolute atomic E-state index is 0.106. The van der Waals surface area contributed by atoms with Crippen LogP contribution in [0.2, 0.25) is 0 Å². The third-order valence-corrected chi connectivity index (χ3v) is 4.70. The summed E-state index contributed by atoms with van der Waals surface area (Å²) in [5.74, 6) is -0.356. The Bertz CT molecular complexity index is 911. The Balaban J connectivity index is 1.85. The van der Waals surface area contributed by atoms with Gasteiger partial charge in [-0.15, -0.1) is 0 Å². The summed E-state index contributed by atoms with van der Waals surface area (Å²) in [5.41, 5.74) is 6.59. The average Bonchev–Trinajstić information content (AvgIpc) is 2.71. The van der Waals surface area contributed by atoms with E-state index in [0.717, 1.165) is 10.0 Å². The maximum Gasteiger partial charge on any atom is 0.276 e. The van der Waals surface area contributed by atoms with Crippen LogP contribution in [0, 0.1) is 5.92 Å². The fourth-order valence-electron chi connectivity index (χ4n) is 2.47. The Kier molecular flexibility index (Phi) is 8.41. The highest BCUT2D eigenvalue weighted by Crippen LogP contribution is 2.29. The van der Waals surface area contributed by atoms with Gasteiger partial charge in [-0.05, 0) is 53.9 Å². The van der Waals surface area contributed by atoms with Gasteiger partial charge in [0.25, 0.3) is 11.8 Å². The molecule has 2 rings (SSSR count). The van der Waals surface area contributed by atoms with Crippen molar-refractivity contribution < 1.29 is 19.1 Å². The first kappa shape index (κ1) is 23.4. The maximum atomic E-state index is 12.2. The quantitative estimate of drug-likeness (QED) is 0.527.